The molecule has 0 radical (unpaired) electrons. The summed E-state index contributed by atoms with van der Waals surface area (Å²) >= 11 is 0. The molecular weight excluding hydrogens is 232 g/mol. The van der Waals surface area contributed by atoms with Gasteiger partial charge in [0, 0.05) is 13.1 Å². The molecular formula is C13H22N2O3. The van der Waals surface area contributed by atoms with Crippen LogP contribution in [0.4, 0.5) is 4.79 Å². The summed E-state index contributed by atoms with van der Waals surface area (Å²) < 4.78 is 0. The molecule has 1 aliphatic rings. The first-order valence-electron chi connectivity index (χ1n) is 6.48. The minimum absolute atomic E-state index is 0.263. The maximum Gasteiger partial charge on any atom is 0.329 e. The number of rotatable bonds is 5. The van der Waals surface area contributed by atoms with E-state index in [1.165, 1.54) is 4.90 Å². The van der Waals surface area contributed by atoms with E-state index in [1.54, 1.807) is 0 Å². The average molecular weight is 254 g/mol. The van der Waals surface area contributed by atoms with Crippen molar-refractivity contribution >= 4 is 12.0 Å². The smallest absolute Gasteiger partial charge is 0.329 e. The fraction of sp³-hybridized carbons (Fsp3) is 0.692. The lowest BCUT2D eigenvalue weighted by atomic mass is 9.93. The average Bonchev–Trinajstić information content (AvgIpc) is 2.79. The fourth-order valence-corrected chi connectivity index (χ4v) is 2.44. The van der Waals surface area contributed by atoms with E-state index in [0.717, 1.165) is 12.8 Å². The van der Waals surface area contributed by atoms with Crippen molar-refractivity contribution in [3.63, 3.8) is 0 Å². The third-order valence-corrected chi connectivity index (χ3v) is 3.54. The van der Waals surface area contributed by atoms with Gasteiger partial charge in [-0.1, -0.05) is 19.1 Å². The van der Waals surface area contributed by atoms with Crippen molar-refractivity contribution in [2.24, 2.45) is 0 Å². The largest absolute Gasteiger partial charge is 0.479 e. The molecule has 1 unspecified atom stereocenters. The van der Waals surface area contributed by atoms with Crippen LogP contribution in [0.2, 0.25) is 0 Å². The molecule has 102 valence electrons. The second-order valence-electron chi connectivity index (χ2n) is 4.54. The molecule has 18 heavy (non-hydrogen) atoms. The predicted molar refractivity (Wildman–Crippen MR) is 69.4 cm³/mol. The lowest BCUT2D eigenvalue weighted by Crippen LogP contribution is -2.55. The van der Waals surface area contributed by atoms with E-state index in [9.17, 15) is 14.7 Å². The fourth-order valence-electron chi connectivity index (χ4n) is 2.44. The number of aliphatic carboxylic acids is 1. The second-order valence-corrected chi connectivity index (χ2v) is 4.54. The van der Waals surface area contributed by atoms with Gasteiger partial charge in [-0.15, -0.1) is 0 Å². The number of nitrogens with one attached hydrogen (secondary N) is 1. The lowest BCUT2D eigenvalue weighted by Gasteiger charge is -2.33. The van der Waals surface area contributed by atoms with Crippen LogP contribution in [0.3, 0.4) is 0 Å². The van der Waals surface area contributed by atoms with Gasteiger partial charge in [-0.2, -0.15) is 0 Å². The molecule has 0 aromatic rings. The highest BCUT2D eigenvalue weighted by Crippen LogP contribution is 2.32. The molecule has 1 aliphatic heterocycles. The molecule has 0 saturated carbocycles. The Balaban J connectivity index is 2.63. The number of nitrogens with zero attached hydrogens (tertiary/aromatic N) is 1. The minimum Gasteiger partial charge on any atom is -0.479 e. The van der Waals surface area contributed by atoms with E-state index in [0.29, 0.717) is 25.9 Å². The number of hydrogen-bond acceptors (Lipinski definition) is 2. The van der Waals surface area contributed by atoms with Crippen LogP contribution < -0.4 is 5.32 Å². The maximum atomic E-state index is 12.0. The van der Waals surface area contributed by atoms with E-state index in [1.807, 2.05) is 26.0 Å². The number of hydrogen-bond donors (Lipinski definition) is 2. The number of carboxylic acid groups (broad SMARTS) is 1. The summed E-state index contributed by atoms with van der Waals surface area (Å²) in [5.74, 6) is -0.897. The van der Waals surface area contributed by atoms with E-state index >= 15 is 0 Å². The molecule has 1 saturated heterocycles. The lowest BCUT2D eigenvalue weighted by molar-refractivity contribution is -0.148. The standard InChI is InChI=1S/C13H22N2O3/c1-3-5-6-9-14-12(18)15-10-7-8-13(15,4-2)11(16)17/h3,5H,4,6-10H2,1-2H3,(H,14,18)(H,16,17)/b5-3+. The Morgan fingerprint density at radius 1 is 1.50 bits per heavy atom. The third kappa shape index (κ3) is 2.83. The molecule has 1 heterocycles. The molecule has 5 heteroatoms. The monoisotopic (exact) mass is 254 g/mol. The van der Waals surface area contributed by atoms with Gasteiger partial charge in [0.15, 0.2) is 0 Å². The molecule has 5 nitrogen and oxygen atoms in total. The van der Waals surface area contributed by atoms with Gasteiger partial charge in [0.05, 0.1) is 0 Å². The molecule has 1 atom stereocenters. The number of urea groups is 1. The third-order valence-electron chi connectivity index (χ3n) is 3.54. The highest BCUT2D eigenvalue weighted by atomic mass is 16.4. The van der Waals surface area contributed by atoms with Gasteiger partial charge >= 0.3 is 12.0 Å². The first-order valence-corrected chi connectivity index (χ1v) is 6.48. The molecule has 2 amide bonds. The maximum absolute atomic E-state index is 12.0. The Morgan fingerprint density at radius 2 is 2.22 bits per heavy atom. The zero-order valence-electron chi connectivity index (χ0n) is 11.1. The summed E-state index contributed by atoms with van der Waals surface area (Å²) in [4.78, 5) is 24.9. The Morgan fingerprint density at radius 3 is 2.78 bits per heavy atom. The number of allylic oxidation sites excluding steroid dienone is 1. The predicted octanol–water partition coefficient (Wildman–Crippen LogP) is 1.99. The Labute approximate surface area is 108 Å². The topological polar surface area (TPSA) is 69.6 Å². The van der Waals surface area contributed by atoms with Crippen molar-refractivity contribution in [3.8, 4) is 0 Å². The normalized spacial score (nSPS) is 23.6. The van der Waals surface area contributed by atoms with Crippen molar-refractivity contribution in [3.05, 3.63) is 12.2 Å². The molecule has 0 aromatic carbocycles. The number of carbonyl (C=O) groups excluding carboxylic acids is 1. The van der Waals surface area contributed by atoms with Gasteiger partial charge < -0.3 is 15.3 Å². The first-order chi connectivity index (χ1) is 8.58. The number of carboxylic acids is 1. The molecule has 2 N–H and O–H groups in total. The van der Waals surface area contributed by atoms with Gasteiger partial charge in [-0.3, -0.25) is 0 Å². The van der Waals surface area contributed by atoms with Gasteiger partial charge in [-0.25, -0.2) is 9.59 Å². The van der Waals surface area contributed by atoms with E-state index in [4.69, 9.17) is 0 Å². The van der Waals surface area contributed by atoms with Gasteiger partial charge in [0.25, 0.3) is 0 Å². The van der Waals surface area contributed by atoms with E-state index in [2.05, 4.69) is 5.32 Å². The van der Waals surface area contributed by atoms with Crippen LogP contribution in [0.5, 0.6) is 0 Å². The van der Waals surface area contributed by atoms with E-state index < -0.39 is 11.5 Å². The molecule has 0 aliphatic carbocycles. The van der Waals surface area contributed by atoms with Crippen molar-refractivity contribution in [2.45, 2.75) is 45.1 Å². The molecule has 0 spiro atoms. The van der Waals surface area contributed by atoms with Crippen LogP contribution in [0.1, 0.15) is 39.5 Å². The van der Waals surface area contributed by atoms with Crippen LogP contribution in [-0.2, 0) is 4.79 Å². The first kappa shape index (κ1) is 14.5. The highest BCUT2D eigenvalue weighted by Gasteiger charge is 2.48. The SMILES string of the molecule is C/C=C/CCNC(=O)N1CCCC1(CC)C(=O)O. The Bertz CT molecular complexity index is 341. The molecule has 1 rings (SSSR count). The quantitative estimate of drug-likeness (QED) is 0.582. The minimum atomic E-state index is -1.01. The Hall–Kier alpha value is -1.52. The Kier molecular flexibility index (Phi) is 5.19. The van der Waals surface area contributed by atoms with Crippen molar-refractivity contribution in [2.75, 3.05) is 13.1 Å². The van der Waals surface area contributed by atoms with Gasteiger partial charge in [-0.05, 0) is 32.6 Å². The van der Waals surface area contributed by atoms with Gasteiger partial charge in [0.2, 0.25) is 0 Å². The van der Waals surface area contributed by atoms with Crippen molar-refractivity contribution < 1.29 is 14.7 Å². The summed E-state index contributed by atoms with van der Waals surface area (Å²) in [6, 6.07) is -0.263. The number of amides is 2. The summed E-state index contributed by atoms with van der Waals surface area (Å²) in [6.45, 7) is 4.81. The second kappa shape index (κ2) is 6.42. The van der Waals surface area contributed by atoms with Gasteiger partial charge in [0.1, 0.15) is 5.54 Å². The molecule has 0 aromatic heterocycles. The van der Waals surface area contributed by atoms with E-state index in [-0.39, 0.29) is 6.03 Å². The number of likely N-dealkylation sites (tertiary alicyclic amines) is 1. The summed E-state index contributed by atoms with van der Waals surface area (Å²) in [5, 5.41) is 12.1. The summed E-state index contributed by atoms with van der Waals surface area (Å²) in [6.07, 6.45) is 6.40. The highest BCUT2D eigenvalue weighted by molar-refractivity contribution is 5.87. The molecule has 1 fully saturated rings. The van der Waals surface area contributed by atoms with Crippen LogP contribution in [0.25, 0.3) is 0 Å². The van der Waals surface area contributed by atoms with Crippen molar-refractivity contribution in [1.82, 2.24) is 10.2 Å². The molecule has 0 bridgehead atoms. The zero-order valence-corrected chi connectivity index (χ0v) is 11.1. The zero-order chi connectivity index (χ0) is 13.6. The van der Waals surface area contributed by atoms with Crippen LogP contribution in [-0.4, -0.2) is 40.6 Å². The van der Waals surface area contributed by atoms with Crippen LogP contribution >= 0.6 is 0 Å². The summed E-state index contributed by atoms with van der Waals surface area (Å²) in [7, 11) is 0. The van der Waals surface area contributed by atoms with Crippen LogP contribution in [0, 0.1) is 0 Å². The van der Waals surface area contributed by atoms with Crippen LogP contribution in [0.15, 0.2) is 12.2 Å². The summed E-state index contributed by atoms with van der Waals surface area (Å²) in [5.41, 5.74) is -1.01. The number of carbonyl (C=O) groups is 2. The van der Waals surface area contributed by atoms with Crippen molar-refractivity contribution in [1.29, 1.82) is 0 Å².